The van der Waals surface area contributed by atoms with Crippen molar-refractivity contribution in [1.82, 2.24) is 15.6 Å². The molecule has 1 aromatic heterocycles. The predicted octanol–water partition coefficient (Wildman–Crippen LogP) is 7.06. The molecule has 0 amide bonds. The fourth-order valence-corrected chi connectivity index (χ4v) is 4.77. The SMILES string of the molecule is C/C=C(\C/C=C\CNCNCCC)CCc1nc(-c2ccc3c(c2)C(C)(C)CCC3(C)C)co1. The molecule has 4 nitrogen and oxygen atoms in total. The lowest BCUT2D eigenvalue weighted by molar-refractivity contribution is 0.332. The molecule has 2 aromatic rings. The fourth-order valence-electron chi connectivity index (χ4n) is 4.77. The molecule has 0 saturated carbocycles. The second-order valence-corrected chi connectivity index (χ2v) is 10.9. The Hall–Kier alpha value is -2.17. The molecule has 0 unspecified atom stereocenters. The van der Waals surface area contributed by atoms with Crippen LogP contribution in [0.25, 0.3) is 11.3 Å². The molecule has 0 bridgehead atoms. The van der Waals surface area contributed by atoms with E-state index in [0.29, 0.717) is 0 Å². The van der Waals surface area contributed by atoms with Gasteiger partial charge in [0.1, 0.15) is 12.0 Å². The van der Waals surface area contributed by atoms with Crippen LogP contribution >= 0.6 is 0 Å². The molecule has 34 heavy (non-hydrogen) atoms. The largest absolute Gasteiger partial charge is 0.448 e. The quantitative estimate of drug-likeness (QED) is 0.201. The van der Waals surface area contributed by atoms with Crippen molar-refractivity contribution in [3.05, 3.63) is 65.3 Å². The molecular formula is C30H45N3O. The highest BCUT2D eigenvalue weighted by Gasteiger charge is 2.37. The lowest BCUT2D eigenvalue weighted by Gasteiger charge is -2.42. The lowest BCUT2D eigenvalue weighted by Crippen LogP contribution is -2.33. The van der Waals surface area contributed by atoms with Crippen molar-refractivity contribution in [1.29, 1.82) is 0 Å². The minimum Gasteiger partial charge on any atom is -0.448 e. The van der Waals surface area contributed by atoms with Gasteiger partial charge in [-0.2, -0.15) is 0 Å². The third kappa shape index (κ3) is 6.93. The predicted molar refractivity (Wildman–Crippen MR) is 144 cm³/mol. The maximum Gasteiger partial charge on any atom is 0.194 e. The number of nitrogens with one attached hydrogen (secondary N) is 2. The van der Waals surface area contributed by atoms with Crippen LogP contribution in [0.3, 0.4) is 0 Å². The Bertz CT molecular complexity index is 981. The smallest absolute Gasteiger partial charge is 0.194 e. The van der Waals surface area contributed by atoms with E-state index >= 15 is 0 Å². The molecule has 4 heteroatoms. The minimum absolute atomic E-state index is 0.198. The number of hydrogen-bond acceptors (Lipinski definition) is 4. The van der Waals surface area contributed by atoms with Crippen LogP contribution in [-0.2, 0) is 17.3 Å². The molecule has 0 radical (unpaired) electrons. The summed E-state index contributed by atoms with van der Waals surface area (Å²) in [5.41, 5.74) is 6.90. The summed E-state index contributed by atoms with van der Waals surface area (Å²) in [7, 11) is 0. The Morgan fingerprint density at radius 2 is 1.82 bits per heavy atom. The minimum atomic E-state index is 0.198. The number of benzene rings is 1. The maximum absolute atomic E-state index is 5.87. The molecular weight excluding hydrogens is 418 g/mol. The Balaban J connectivity index is 1.56. The van der Waals surface area contributed by atoms with Crippen LogP contribution < -0.4 is 10.6 Å². The summed E-state index contributed by atoms with van der Waals surface area (Å²) >= 11 is 0. The van der Waals surface area contributed by atoms with Gasteiger partial charge in [0.2, 0.25) is 0 Å². The first kappa shape index (κ1) is 26.4. The monoisotopic (exact) mass is 463 g/mol. The van der Waals surface area contributed by atoms with Gasteiger partial charge in [-0.15, -0.1) is 0 Å². The number of fused-ring (bicyclic) bond motifs is 1. The standard InChI is InChI=1S/C30H45N3O/c1-7-18-31-22-32-19-10-9-11-23(8-2)12-15-28-33-27(21-34-28)24-13-14-25-26(20-24)30(5,6)17-16-29(25,3)4/h8-10,13-14,20-21,31-32H,7,11-12,15-19,22H2,1-6H3/b10-9-,23-8+. The number of rotatable bonds is 12. The van der Waals surface area contributed by atoms with E-state index in [-0.39, 0.29) is 10.8 Å². The van der Waals surface area contributed by atoms with Gasteiger partial charge in [-0.1, -0.05) is 70.6 Å². The van der Waals surface area contributed by atoms with Gasteiger partial charge in [-0.3, -0.25) is 0 Å². The maximum atomic E-state index is 5.87. The van der Waals surface area contributed by atoms with Gasteiger partial charge in [0, 0.05) is 25.2 Å². The number of aryl methyl sites for hydroxylation is 1. The molecule has 0 fully saturated rings. The van der Waals surface area contributed by atoms with Crippen LogP contribution in [0.2, 0.25) is 0 Å². The third-order valence-corrected chi connectivity index (χ3v) is 7.25. The van der Waals surface area contributed by atoms with Crippen LogP contribution in [-0.4, -0.2) is 24.7 Å². The van der Waals surface area contributed by atoms with E-state index in [4.69, 9.17) is 9.40 Å². The third-order valence-electron chi connectivity index (χ3n) is 7.25. The van der Waals surface area contributed by atoms with Crippen molar-refractivity contribution in [2.45, 2.75) is 90.9 Å². The van der Waals surface area contributed by atoms with Crippen molar-refractivity contribution in [3.63, 3.8) is 0 Å². The van der Waals surface area contributed by atoms with Gasteiger partial charge in [-0.25, -0.2) is 4.98 Å². The van der Waals surface area contributed by atoms with Crippen molar-refractivity contribution in [2.24, 2.45) is 0 Å². The Labute approximate surface area is 207 Å². The van der Waals surface area contributed by atoms with Crippen LogP contribution in [0.5, 0.6) is 0 Å². The lowest BCUT2D eigenvalue weighted by atomic mass is 9.63. The van der Waals surface area contributed by atoms with Crippen LogP contribution in [0, 0.1) is 0 Å². The van der Waals surface area contributed by atoms with Gasteiger partial charge in [0.15, 0.2) is 5.89 Å². The summed E-state index contributed by atoms with van der Waals surface area (Å²) in [6.45, 7) is 16.6. The van der Waals surface area contributed by atoms with Gasteiger partial charge in [0.05, 0.1) is 0 Å². The summed E-state index contributed by atoms with van der Waals surface area (Å²) in [5, 5.41) is 6.72. The summed E-state index contributed by atoms with van der Waals surface area (Å²) in [4.78, 5) is 4.84. The van der Waals surface area contributed by atoms with E-state index in [1.165, 1.54) is 29.5 Å². The van der Waals surface area contributed by atoms with E-state index in [9.17, 15) is 0 Å². The molecule has 1 aliphatic carbocycles. The second-order valence-electron chi connectivity index (χ2n) is 10.9. The van der Waals surface area contributed by atoms with Crippen molar-refractivity contribution < 1.29 is 4.42 Å². The summed E-state index contributed by atoms with van der Waals surface area (Å²) < 4.78 is 5.87. The molecule has 0 saturated heterocycles. The normalized spacial score (nSPS) is 17.3. The molecule has 0 spiro atoms. The first-order valence-electron chi connectivity index (χ1n) is 13.1. The first-order chi connectivity index (χ1) is 16.3. The summed E-state index contributed by atoms with van der Waals surface area (Å²) in [6, 6.07) is 6.89. The average Bonchev–Trinajstić information content (AvgIpc) is 3.29. The first-order valence-corrected chi connectivity index (χ1v) is 13.1. The molecule has 186 valence electrons. The van der Waals surface area contributed by atoms with Gasteiger partial charge in [0.25, 0.3) is 0 Å². The number of nitrogens with zero attached hydrogens (tertiary/aromatic N) is 1. The molecule has 0 aliphatic heterocycles. The number of allylic oxidation sites excluding steroid dienone is 3. The second kappa shape index (κ2) is 12.0. The molecule has 3 rings (SSSR count). The number of aromatic nitrogens is 1. The summed E-state index contributed by atoms with van der Waals surface area (Å²) in [6.07, 6.45) is 14.9. The van der Waals surface area contributed by atoms with Gasteiger partial charge in [-0.05, 0) is 73.6 Å². The van der Waals surface area contributed by atoms with E-state index in [1.54, 1.807) is 0 Å². The van der Waals surface area contributed by atoms with Crippen molar-refractivity contribution in [2.75, 3.05) is 19.8 Å². The molecule has 1 heterocycles. The molecule has 0 atom stereocenters. The average molecular weight is 464 g/mol. The van der Waals surface area contributed by atoms with E-state index in [2.05, 4.69) is 88.6 Å². The van der Waals surface area contributed by atoms with Gasteiger partial charge >= 0.3 is 0 Å². The Morgan fingerprint density at radius 1 is 1.06 bits per heavy atom. The number of oxazole rings is 1. The van der Waals surface area contributed by atoms with Crippen molar-refractivity contribution in [3.8, 4) is 11.3 Å². The zero-order valence-electron chi connectivity index (χ0n) is 22.3. The highest BCUT2D eigenvalue weighted by Crippen LogP contribution is 2.46. The van der Waals surface area contributed by atoms with E-state index in [1.807, 2.05) is 6.26 Å². The highest BCUT2D eigenvalue weighted by molar-refractivity contribution is 5.62. The van der Waals surface area contributed by atoms with Crippen LogP contribution in [0.15, 0.2) is 52.7 Å². The topological polar surface area (TPSA) is 50.1 Å². The fraction of sp³-hybridized carbons (Fsp3) is 0.567. The molecule has 2 N–H and O–H groups in total. The molecule has 1 aliphatic rings. The van der Waals surface area contributed by atoms with Gasteiger partial charge < -0.3 is 15.1 Å². The van der Waals surface area contributed by atoms with Crippen molar-refractivity contribution >= 4 is 0 Å². The number of hydrogen-bond donors (Lipinski definition) is 2. The molecule has 1 aromatic carbocycles. The highest BCUT2D eigenvalue weighted by atomic mass is 16.3. The van der Waals surface area contributed by atoms with Crippen LogP contribution in [0.1, 0.15) is 90.7 Å². The van der Waals surface area contributed by atoms with E-state index < -0.39 is 0 Å². The zero-order chi connectivity index (χ0) is 24.6. The Morgan fingerprint density at radius 3 is 2.56 bits per heavy atom. The zero-order valence-corrected chi connectivity index (χ0v) is 22.3. The van der Waals surface area contributed by atoms with Crippen LogP contribution in [0.4, 0.5) is 0 Å². The Kier molecular flexibility index (Phi) is 9.32. The summed E-state index contributed by atoms with van der Waals surface area (Å²) in [5.74, 6) is 0.819. The van der Waals surface area contributed by atoms with E-state index in [0.717, 1.165) is 62.6 Å².